The zero-order valence-corrected chi connectivity index (χ0v) is 8.46. The van der Waals surface area contributed by atoms with Gasteiger partial charge in [0.15, 0.2) is 0 Å². The van der Waals surface area contributed by atoms with E-state index in [2.05, 4.69) is 0 Å². The summed E-state index contributed by atoms with van der Waals surface area (Å²) in [6.07, 6.45) is 1.35. The van der Waals surface area contributed by atoms with E-state index in [-0.39, 0.29) is 0 Å². The highest BCUT2D eigenvalue weighted by Crippen LogP contribution is 2.29. The lowest BCUT2D eigenvalue weighted by molar-refractivity contribution is 1.44. The van der Waals surface area contributed by atoms with Gasteiger partial charge in [-0.05, 0) is 25.5 Å². The van der Waals surface area contributed by atoms with Crippen molar-refractivity contribution in [3.63, 3.8) is 0 Å². The first kappa shape index (κ1) is 9.31. The van der Waals surface area contributed by atoms with Gasteiger partial charge in [-0.2, -0.15) is 5.26 Å². The third-order valence-corrected chi connectivity index (χ3v) is 3.20. The third kappa shape index (κ3) is 1.88. The molecule has 0 saturated heterocycles. The molecule has 12 heavy (non-hydrogen) atoms. The summed E-state index contributed by atoms with van der Waals surface area (Å²) in [7, 11) is 0. The Morgan fingerprint density at radius 2 is 2.33 bits per heavy atom. The highest BCUT2D eigenvalue weighted by molar-refractivity contribution is 7.14. The van der Waals surface area contributed by atoms with Crippen LogP contribution in [0.25, 0.3) is 5.03 Å². The van der Waals surface area contributed by atoms with Crippen LogP contribution in [0, 0.1) is 25.2 Å². The van der Waals surface area contributed by atoms with E-state index in [0.717, 1.165) is 4.88 Å². The summed E-state index contributed by atoms with van der Waals surface area (Å²) < 4.78 is 0. The summed E-state index contributed by atoms with van der Waals surface area (Å²) >= 11 is 7.45. The number of rotatable bonds is 1. The monoisotopic (exact) mass is 197 g/mol. The van der Waals surface area contributed by atoms with Gasteiger partial charge in [0.1, 0.15) is 0 Å². The van der Waals surface area contributed by atoms with E-state index in [9.17, 15) is 0 Å². The minimum Gasteiger partial charge on any atom is -0.193 e. The molecule has 1 heterocycles. The topological polar surface area (TPSA) is 23.8 Å². The minimum atomic E-state index is 0.527. The maximum absolute atomic E-state index is 8.37. The molecule has 1 aromatic rings. The van der Waals surface area contributed by atoms with Gasteiger partial charge in [0.25, 0.3) is 0 Å². The Hall–Kier alpha value is -0.780. The van der Waals surface area contributed by atoms with Gasteiger partial charge >= 0.3 is 0 Å². The van der Waals surface area contributed by atoms with Crippen LogP contribution < -0.4 is 0 Å². The summed E-state index contributed by atoms with van der Waals surface area (Å²) in [6.45, 7) is 4.08. The van der Waals surface area contributed by atoms with E-state index in [0.29, 0.717) is 5.03 Å². The molecule has 3 heteroatoms. The summed E-state index contributed by atoms with van der Waals surface area (Å²) in [5, 5.41) is 8.89. The zero-order chi connectivity index (χ0) is 9.14. The molecule has 0 atom stereocenters. The van der Waals surface area contributed by atoms with E-state index in [1.54, 1.807) is 11.3 Å². The molecule has 0 fully saturated rings. The molecule has 1 rings (SSSR count). The SMILES string of the molecule is Cc1cc(C(Cl)=CC#N)sc1C. The summed E-state index contributed by atoms with van der Waals surface area (Å²) in [4.78, 5) is 2.21. The third-order valence-electron chi connectivity index (χ3n) is 1.59. The molecule has 0 aliphatic heterocycles. The predicted molar refractivity (Wildman–Crippen MR) is 53.2 cm³/mol. The lowest BCUT2D eigenvalue weighted by Gasteiger charge is -1.87. The van der Waals surface area contributed by atoms with Crippen molar-refractivity contribution in [2.24, 2.45) is 0 Å². The largest absolute Gasteiger partial charge is 0.193 e. The van der Waals surface area contributed by atoms with Crippen molar-refractivity contribution in [3.8, 4) is 6.07 Å². The number of hydrogen-bond acceptors (Lipinski definition) is 2. The first-order valence-electron chi connectivity index (χ1n) is 3.48. The lowest BCUT2D eigenvalue weighted by Crippen LogP contribution is -1.66. The standard InChI is InChI=1S/C9H8ClNS/c1-6-5-9(12-7(6)2)8(10)3-4-11/h3,5H,1-2H3. The van der Waals surface area contributed by atoms with Crippen LogP contribution in [-0.4, -0.2) is 0 Å². The highest BCUT2D eigenvalue weighted by atomic mass is 35.5. The number of allylic oxidation sites excluding steroid dienone is 1. The van der Waals surface area contributed by atoms with Gasteiger partial charge in [0.2, 0.25) is 0 Å². The molecule has 62 valence electrons. The second kappa shape index (κ2) is 3.75. The van der Waals surface area contributed by atoms with Gasteiger partial charge in [0, 0.05) is 15.8 Å². The number of nitrogens with zero attached hydrogens (tertiary/aromatic N) is 1. The molecule has 0 spiro atoms. The summed E-state index contributed by atoms with van der Waals surface area (Å²) in [6, 6.07) is 3.90. The fraction of sp³-hybridized carbons (Fsp3) is 0.222. The highest BCUT2D eigenvalue weighted by Gasteiger charge is 2.03. The van der Waals surface area contributed by atoms with Crippen molar-refractivity contribution in [2.75, 3.05) is 0 Å². The molecule has 0 radical (unpaired) electrons. The Labute approximate surface area is 80.9 Å². The van der Waals surface area contributed by atoms with Gasteiger partial charge in [-0.3, -0.25) is 0 Å². The van der Waals surface area contributed by atoms with Gasteiger partial charge in [-0.1, -0.05) is 11.6 Å². The molecule has 0 amide bonds. The Kier molecular flexibility index (Phi) is 2.91. The van der Waals surface area contributed by atoms with Crippen LogP contribution in [0.1, 0.15) is 15.3 Å². The summed E-state index contributed by atoms with van der Waals surface area (Å²) in [5.41, 5.74) is 1.22. The number of thiophene rings is 1. The van der Waals surface area contributed by atoms with Gasteiger partial charge in [-0.25, -0.2) is 0 Å². The van der Waals surface area contributed by atoms with Crippen molar-refractivity contribution in [3.05, 3.63) is 27.5 Å². The number of hydrogen-bond donors (Lipinski definition) is 0. The van der Waals surface area contributed by atoms with Gasteiger partial charge in [-0.15, -0.1) is 11.3 Å². The Morgan fingerprint density at radius 1 is 1.67 bits per heavy atom. The number of aryl methyl sites for hydroxylation is 2. The molecule has 0 aliphatic carbocycles. The van der Waals surface area contributed by atoms with Crippen molar-refractivity contribution >= 4 is 28.0 Å². The zero-order valence-electron chi connectivity index (χ0n) is 6.89. The van der Waals surface area contributed by atoms with Crippen LogP contribution in [0.5, 0.6) is 0 Å². The number of halogens is 1. The normalized spacial score (nSPS) is 11.3. The van der Waals surface area contributed by atoms with Crippen LogP contribution in [-0.2, 0) is 0 Å². The Balaban J connectivity index is 3.06. The average Bonchev–Trinajstić information content (AvgIpc) is 2.33. The van der Waals surface area contributed by atoms with Crippen molar-refractivity contribution < 1.29 is 0 Å². The van der Waals surface area contributed by atoms with Crippen molar-refractivity contribution in [1.29, 1.82) is 5.26 Å². The van der Waals surface area contributed by atoms with Crippen LogP contribution in [0.4, 0.5) is 0 Å². The van der Waals surface area contributed by atoms with Crippen molar-refractivity contribution in [2.45, 2.75) is 13.8 Å². The molecule has 1 aromatic heterocycles. The number of nitriles is 1. The maximum Gasteiger partial charge on any atom is 0.0928 e. The molecular weight excluding hydrogens is 190 g/mol. The van der Waals surface area contributed by atoms with Gasteiger partial charge < -0.3 is 0 Å². The maximum atomic E-state index is 8.37. The van der Waals surface area contributed by atoms with E-state index in [4.69, 9.17) is 16.9 Å². The van der Waals surface area contributed by atoms with E-state index in [1.165, 1.54) is 16.5 Å². The Bertz CT molecular complexity index is 338. The van der Waals surface area contributed by atoms with E-state index < -0.39 is 0 Å². The molecule has 0 saturated carbocycles. The first-order valence-corrected chi connectivity index (χ1v) is 4.67. The molecule has 0 unspecified atom stereocenters. The second-order valence-electron chi connectivity index (χ2n) is 2.47. The van der Waals surface area contributed by atoms with Crippen molar-refractivity contribution in [1.82, 2.24) is 0 Å². The van der Waals surface area contributed by atoms with Crippen LogP contribution in [0.3, 0.4) is 0 Å². The molecule has 0 aliphatic rings. The average molecular weight is 198 g/mol. The second-order valence-corrected chi connectivity index (χ2v) is 4.13. The van der Waals surface area contributed by atoms with E-state index in [1.807, 2.05) is 26.0 Å². The van der Waals surface area contributed by atoms with Crippen LogP contribution >= 0.6 is 22.9 Å². The molecule has 0 aromatic carbocycles. The molecule has 0 bridgehead atoms. The van der Waals surface area contributed by atoms with E-state index >= 15 is 0 Å². The first-order chi connectivity index (χ1) is 5.65. The molecule has 1 nitrogen and oxygen atoms in total. The van der Waals surface area contributed by atoms with Crippen LogP contribution in [0.2, 0.25) is 0 Å². The van der Waals surface area contributed by atoms with Gasteiger partial charge in [0.05, 0.1) is 11.1 Å². The summed E-state index contributed by atoms with van der Waals surface area (Å²) in [5.74, 6) is 0. The molecule has 0 N–H and O–H groups in total. The fourth-order valence-corrected chi connectivity index (χ4v) is 1.98. The fourth-order valence-electron chi connectivity index (χ4n) is 0.819. The molecular formula is C9H8ClNS. The van der Waals surface area contributed by atoms with Crippen LogP contribution in [0.15, 0.2) is 12.1 Å². The predicted octanol–water partition coefficient (Wildman–Crippen LogP) is 3.47. The Morgan fingerprint density at radius 3 is 2.75 bits per heavy atom. The quantitative estimate of drug-likeness (QED) is 0.633. The smallest absolute Gasteiger partial charge is 0.0928 e. The minimum absolute atomic E-state index is 0.527. The lowest BCUT2D eigenvalue weighted by atomic mass is 10.3.